The molecule has 1 amide bonds. The van der Waals surface area contributed by atoms with Crippen molar-refractivity contribution >= 4 is 11.7 Å². The molecule has 19 heavy (non-hydrogen) atoms. The highest BCUT2D eigenvalue weighted by Gasteiger charge is 2.16. The molecule has 0 spiro atoms. The molecule has 0 heterocycles. The van der Waals surface area contributed by atoms with Gasteiger partial charge in [-0.25, -0.2) is 4.39 Å². The van der Waals surface area contributed by atoms with E-state index in [1.54, 1.807) is 0 Å². The van der Waals surface area contributed by atoms with Crippen LogP contribution in [0.5, 0.6) is 0 Å². The number of hydrogen-bond acceptors (Lipinski definition) is 4. The first kappa shape index (κ1) is 14.4. The summed E-state index contributed by atoms with van der Waals surface area (Å²) in [6.45, 7) is 1.51. The van der Waals surface area contributed by atoms with E-state index in [0.29, 0.717) is 0 Å². The Balaban J connectivity index is 3.03. The van der Waals surface area contributed by atoms with Gasteiger partial charge in [0.05, 0.1) is 5.56 Å². The normalized spacial score (nSPS) is 12.4. The van der Waals surface area contributed by atoms with Gasteiger partial charge in [0.2, 0.25) is 0 Å². The first-order valence-corrected chi connectivity index (χ1v) is 5.40. The molecule has 3 N–H and O–H groups in total. The summed E-state index contributed by atoms with van der Waals surface area (Å²) in [4.78, 5) is 15.7. The number of benzene rings is 1. The zero-order chi connectivity index (χ0) is 14.4. The number of amidine groups is 1. The van der Waals surface area contributed by atoms with Gasteiger partial charge >= 0.3 is 0 Å². The van der Waals surface area contributed by atoms with Crippen molar-refractivity contribution in [3.63, 3.8) is 0 Å². The van der Waals surface area contributed by atoms with Gasteiger partial charge in [0.25, 0.3) is 5.91 Å². The number of carbonyl (C=O) groups excluding carboxylic acids is 1. The van der Waals surface area contributed by atoms with Gasteiger partial charge in [-0.1, -0.05) is 12.1 Å². The topological polar surface area (TPSA) is 91.3 Å². The number of nitrogens with one attached hydrogen (secondary N) is 1. The number of hydrogen-bond donors (Lipinski definition) is 2. The Morgan fingerprint density at radius 2 is 2.11 bits per heavy atom. The molecular formula is C13H13FN4O. The molecule has 0 atom stereocenters. The van der Waals surface area contributed by atoms with Crippen LogP contribution in [0.15, 0.2) is 40.5 Å². The van der Waals surface area contributed by atoms with E-state index in [4.69, 9.17) is 11.0 Å². The summed E-state index contributed by atoms with van der Waals surface area (Å²) in [6.07, 6.45) is 0. The second-order valence-corrected chi connectivity index (χ2v) is 3.68. The number of nitriles is 1. The third kappa shape index (κ3) is 3.39. The van der Waals surface area contributed by atoms with Gasteiger partial charge < -0.3 is 11.1 Å². The predicted molar refractivity (Wildman–Crippen MR) is 69.7 cm³/mol. The van der Waals surface area contributed by atoms with E-state index in [0.717, 1.165) is 0 Å². The Bertz CT molecular complexity index is 595. The van der Waals surface area contributed by atoms with Crippen LogP contribution in [0.2, 0.25) is 0 Å². The fraction of sp³-hybridized carbons (Fsp3) is 0.154. The number of aliphatic imine (C=N–C) groups is 1. The molecule has 5 nitrogen and oxygen atoms in total. The first-order chi connectivity index (χ1) is 9.01. The fourth-order valence-electron chi connectivity index (χ4n) is 1.38. The number of rotatable bonds is 2. The maximum absolute atomic E-state index is 13.4. The smallest absolute Gasteiger partial charge is 0.259 e. The number of halogens is 1. The van der Waals surface area contributed by atoms with Crippen molar-refractivity contribution in [1.82, 2.24) is 5.32 Å². The van der Waals surface area contributed by atoms with Crippen LogP contribution in [0.3, 0.4) is 0 Å². The highest BCUT2D eigenvalue weighted by molar-refractivity contribution is 6.14. The van der Waals surface area contributed by atoms with Crippen LogP contribution >= 0.6 is 0 Å². The zero-order valence-electron chi connectivity index (χ0n) is 10.6. The third-order valence-electron chi connectivity index (χ3n) is 2.32. The van der Waals surface area contributed by atoms with E-state index in [2.05, 4.69) is 10.3 Å². The Morgan fingerprint density at radius 1 is 1.47 bits per heavy atom. The molecule has 0 aliphatic carbocycles. The lowest BCUT2D eigenvalue weighted by Crippen LogP contribution is -2.33. The van der Waals surface area contributed by atoms with Gasteiger partial charge in [-0.05, 0) is 19.1 Å². The van der Waals surface area contributed by atoms with E-state index in [1.807, 2.05) is 6.07 Å². The second-order valence-electron chi connectivity index (χ2n) is 3.68. The molecule has 6 heteroatoms. The molecule has 0 aromatic heterocycles. The Morgan fingerprint density at radius 3 is 2.58 bits per heavy atom. The van der Waals surface area contributed by atoms with Gasteiger partial charge in [-0.2, -0.15) is 5.26 Å². The maximum Gasteiger partial charge on any atom is 0.259 e. The Hall–Kier alpha value is -2.68. The van der Waals surface area contributed by atoms with E-state index >= 15 is 0 Å². The second kappa shape index (κ2) is 6.31. The van der Waals surface area contributed by atoms with Crippen molar-refractivity contribution in [2.24, 2.45) is 10.7 Å². The molecule has 0 aliphatic rings. The average molecular weight is 260 g/mol. The van der Waals surface area contributed by atoms with Crippen molar-refractivity contribution in [2.45, 2.75) is 6.92 Å². The van der Waals surface area contributed by atoms with Gasteiger partial charge in [-0.3, -0.25) is 9.79 Å². The summed E-state index contributed by atoms with van der Waals surface area (Å²) < 4.78 is 13.4. The minimum Gasteiger partial charge on any atom is -0.401 e. The molecule has 0 bridgehead atoms. The first-order valence-electron chi connectivity index (χ1n) is 5.40. The van der Waals surface area contributed by atoms with E-state index in [1.165, 1.54) is 38.2 Å². The number of carbonyl (C=O) groups is 1. The van der Waals surface area contributed by atoms with Crippen LogP contribution in [0.25, 0.3) is 0 Å². The molecule has 1 aromatic carbocycles. The lowest BCUT2D eigenvalue weighted by atomic mass is 10.1. The van der Waals surface area contributed by atoms with Crippen LogP contribution in [0, 0.1) is 17.1 Å². The zero-order valence-corrected chi connectivity index (χ0v) is 10.6. The van der Waals surface area contributed by atoms with Gasteiger partial charge in [-0.15, -0.1) is 0 Å². The SMILES string of the molecule is CN=C(NC(=O)c1ccccc1F)C(C#N)=C(C)N. The van der Waals surface area contributed by atoms with E-state index < -0.39 is 11.7 Å². The van der Waals surface area contributed by atoms with Crippen molar-refractivity contribution in [2.75, 3.05) is 7.05 Å². The molecule has 0 radical (unpaired) electrons. The molecule has 0 aliphatic heterocycles. The molecule has 0 saturated heterocycles. The quantitative estimate of drug-likeness (QED) is 0.477. The molecular weight excluding hydrogens is 247 g/mol. The van der Waals surface area contributed by atoms with Gasteiger partial charge in [0.15, 0.2) is 0 Å². The lowest BCUT2D eigenvalue weighted by Gasteiger charge is -2.08. The molecule has 0 saturated carbocycles. The highest BCUT2D eigenvalue weighted by Crippen LogP contribution is 2.07. The van der Waals surface area contributed by atoms with Gasteiger partial charge in [0.1, 0.15) is 23.3 Å². The third-order valence-corrected chi connectivity index (χ3v) is 2.32. The lowest BCUT2D eigenvalue weighted by molar-refractivity contribution is 0.0973. The van der Waals surface area contributed by atoms with E-state index in [9.17, 15) is 9.18 Å². The summed E-state index contributed by atoms with van der Waals surface area (Å²) in [7, 11) is 1.40. The number of nitrogens with two attached hydrogens (primary N) is 1. The van der Waals surface area contributed by atoms with Crippen LogP contribution in [-0.4, -0.2) is 18.8 Å². The average Bonchev–Trinajstić information content (AvgIpc) is 2.38. The molecule has 0 unspecified atom stereocenters. The summed E-state index contributed by atoms with van der Waals surface area (Å²) in [5.41, 5.74) is 5.66. The van der Waals surface area contributed by atoms with Crippen molar-refractivity contribution in [1.29, 1.82) is 5.26 Å². The Kier molecular flexibility index (Phi) is 4.77. The fourth-order valence-corrected chi connectivity index (χ4v) is 1.38. The summed E-state index contributed by atoms with van der Waals surface area (Å²) in [5.74, 6) is -1.33. The van der Waals surface area contributed by atoms with Gasteiger partial charge in [0, 0.05) is 12.7 Å². The number of amides is 1. The summed E-state index contributed by atoms with van der Waals surface area (Å²) >= 11 is 0. The van der Waals surface area contributed by atoms with Crippen LogP contribution in [-0.2, 0) is 0 Å². The maximum atomic E-state index is 13.4. The van der Waals surface area contributed by atoms with Crippen LogP contribution in [0.4, 0.5) is 4.39 Å². The minimum absolute atomic E-state index is 0.00996. The molecule has 1 aromatic rings. The van der Waals surface area contributed by atoms with E-state index in [-0.39, 0.29) is 22.7 Å². The minimum atomic E-state index is -0.687. The summed E-state index contributed by atoms with van der Waals surface area (Å²) in [5, 5.41) is 11.3. The number of allylic oxidation sites excluding steroid dienone is 1. The molecule has 0 fully saturated rings. The predicted octanol–water partition coefficient (Wildman–Crippen LogP) is 1.34. The molecule has 98 valence electrons. The highest BCUT2D eigenvalue weighted by atomic mass is 19.1. The molecule has 1 rings (SSSR count). The summed E-state index contributed by atoms with van der Waals surface area (Å²) in [6, 6.07) is 7.36. The van der Waals surface area contributed by atoms with Crippen LogP contribution in [0.1, 0.15) is 17.3 Å². The van der Waals surface area contributed by atoms with Crippen LogP contribution < -0.4 is 11.1 Å². The Labute approximate surface area is 110 Å². The number of nitrogens with zero attached hydrogens (tertiary/aromatic N) is 2. The largest absolute Gasteiger partial charge is 0.401 e. The monoisotopic (exact) mass is 260 g/mol. The van der Waals surface area contributed by atoms with Crippen molar-refractivity contribution < 1.29 is 9.18 Å². The van der Waals surface area contributed by atoms with Crippen molar-refractivity contribution in [3.05, 3.63) is 46.9 Å². The standard InChI is InChI=1S/C13H13FN4O/c1-8(16)10(7-15)12(17-2)18-13(19)9-5-3-4-6-11(9)14/h3-6H,16H2,1-2H3,(H,17,18,19). The van der Waals surface area contributed by atoms with Crippen molar-refractivity contribution in [3.8, 4) is 6.07 Å².